The second-order valence-corrected chi connectivity index (χ2v) is 7.83. The van der Waals surface area contributed by atoms with Crippen LogP contribution in [-0.4, -0.2) is 56.1 Å². The van der Waals surface area contributed by atoms with Crippen LogP contribution >= 0.6 is 24.0 Å². The van der Waals surface area contributed by atoms with Gasteiger partial charge in [-0.05, 0) is 62.9 Å². The van der Waals surface area contributed by atoms with Crippen molar-refractivity contribution in [3.63, 3.8) is 0 Å². The average Bonchev–Trinajstić information content (AvgIpc) is 2.79. The molecule has 1 aromatic heterocycles. The summed E-state index contributed by atoms with van der Waals surface area (Å²) in [4.78, 5) is 23.6. The smallest absolute Gasteiger partial charge is 0.251 e. The number of hydrogen-bond acceptors (Lipinski definition) is 4. The number of benzene rings is 1. The van der Waals surface area contributed by atoms with E-state index in [0.717, 1.165) is 61.9 Å². The van der Waals surface area contributed by atoms with Crippen LogP contribution in [0.2, 0.25) is 0 Å². The Labute approximate surface area is 208 Å². The predicted octanol–water partition coefficient (Wildman–Crippen LogP) is 3.13. The van der Waals surface area contributed by atoms with E-state index in [-0.39, 0.29) is 29.9 Å². The number of nitrogens with one attached hydrogen (secondary N) is 3. The predicted molar refractivity (Wildman–Crippen MR) is 142 cm³/mol. The number of halogens is 1. The number of aromatic nitrogens is 1. The first-order chi connectivity index (χ1) is 15.1. The lowest BCUT2D eigenvalue weighted by Crippen LogP contribution is -2.49. The van der Waals surface area contributed by atoms with Crippen LogP contribution in [0, 0.1) is 6.92 Å². The molecule has 3 rings (SSSR count). The van der Waals surface area contributed by atoms with Crippen molar-refractivity contribution in [3.05, 3.63) is 59.3 Å². The number of carbonyl (C=O) groups excluding carboxylic acids is 1. The number of rotatable bonds is 7. The third kappa shape index (κ3) is 7.65. The van der Waals surface area contributed by atoms with Gasteiger partial charge in [0.05, 0.1) is 0 Å². The maximum atomic E-state index is 11.8. The Morgan fingerprint density at radius 2 is 1.94 bits per heavy atom. The standard InChI is InChI=1S/C24H34N6O.HI/c1-4-26-24(27-14-11-19-8-6-9-20(17-19)23(31)25-3)29-21-12-15-30(16-13-21)22-10-5-7-18(2)28-22;/h5-10,17,21H,4,11-16H2,1-3H3,(H,25,31)(H2,26,27,29);1H. The summed E-state index contributed by atoms with van der Waals surface area (Å²) in [7, 11) is 1.65. The van der Waals surface area contributed by atoms with Crippen molar-refractivity contribution in [3.8, 4) is 0 Å². The van der Waals surface area contributed by atoms with Crippen LogP contribution in [0.15, 0.2) is 47.5 Å². The lowest BCUT2D eigenvalue weighted by atomic mass is 10.1. The maximum absolute atomic E-state index is 11.8. The summed E-state index contributed by atoms with van der Waals surface area (Å²) in [5, 5.41) is 9.61. The van der Waals surface area contributed by atoms with E-state index < -0.39 is 0 Å². The molecule has 0 aliphatic carbocycles. The number of anilines is 1. The molecule has 0 radical (unpaired) electrons. The molecule has 1 aliphatic heterocycles. The van der Waals surface area contributed by atoms with Crippen molar-refractivity contribution < 1.29 is 4.79 Å². The fourth-order valence-corrected chi connectivity index (χ4v) is 3.78. The summed E-state index contributed by atoms with van der Waals surface area (Å²) < 4.78 is 0. The van der Waals surface area contributed by atoms with Gasteiger partial charge in [0.25, 0.3) is 5.91 Å². The summed E-state index contributed by atoms with van der Waals surface area (Å²) in [6.07, 6.45) is 2.89. The Balaban J connectivity index is 0.00000363. The maximum Gasteiger partial charge on any atom is 0.251 e. The van der Waals surface area contributed by atoms with Crippen LogP contribution in [-0.2, 0) is 6.42 Å². The van der Waals surface area contributed by atoms with Gasteiger partial charge in [-0.3, -0.25) is 9.79 Å². The van der Waals surface area contributed by atoms with Gasteiger partial charge >= 0.3 is 0 Å². The number of aliphatic imine (C=N–C) groups is 1. The largest absolute Gasteiger partial charge is 0.357 e. The molecule has 0 spiro atoms. The Bertz CT molecular complexity index is 896. The number of guanidine groups is 1. The lowest BCUT2D eigenvalue weighted by Gasteiger charge is -2.34. The van der Waals surface area contributed by atoms with E-state index in [4.69, 9.17) is 4.99 Å². The minimum Gasteiger partial charge on any atom is -0.357 e. The molecular formula is C24H35IN6O. The van der Waals surface area contributed by atoms with Crippen LogP contribution in [0.1, 0.15) is 41.4 Å². The molecule has 1 aromatic carbocycles. The fraction of sp³-hybridized carbons (Fsp3) is 0.458. The first-order valence-electron chi connectivity index (χ1n) is 11.1. The van der Waals surface area contributed by atoms with Crippen molar-refractivity contribution in [1.82, 2.24) is 20.9 Å². The molecule has 1 fully saturated rings. The molecule has 1 aliphatic rings. The number of amides is 1. The minimum atomic E-state index is -0.0624. The molecule has 1 saturated heterocycles. The monoisotopic (exact) mass is 550 g/mol. The first-order valence-corrected chi connectivity index (χ1v) is 11.1. The van der Waals surface area contributed by atoms with E-state index in [0.29, 0.717) is 18.2 Å². The van der Waals surface area contributed by atoms with E-state index in [9.17, 15) is 4.79 Å². The summed E-state index contributed by atoms with van der Waals surface area (Å²) in [5.41, 5.74) is 2.85. The van der Waals surface area contributed by atoms with Gasteiger partial charge in [-0.15, -0.1) is 24.0 Å². The molecule has 0 unspecified atom stereocenters. The van der Waals surface area contributed by atoms with Gasteiger partial charge in [0.1, 0.15) is 5.82 Å². The summed E-state index contributed by atoms with van der Waals surface area (Å²) in [6, 6.07) is 14.3. The van der Waals surface area contributed by atoms with E-state index in [1.807, 2.05) is 37.3 Å². The quantitative estimate of drug-likeness (QED) is 0.281. The van der Waals surface area contributed by atoms with Crippen molar-refractivity contribution in [1.29, 1.82) is 0 Å². The number of piperidine rings is 1. The highest BCUT2D eigenvalue weighted by atomic mass is 127. The highest BCUT2D eigenvalue weighted by molar-refractivity contribution is 14.0. The van der Waals surface area contributed by atoms with Gasteiger partial charge in [-0.25, -0.2) is 4.98 Å². The van der Waals surface area contributed by atoms with Crippen molar-refractivity contribution in [2.24, 2.45) is 4.99 Å². The van der Waals surface area contributed by atoms with Crippen LogP contribution in [0.4, 0.5) is 5.82 Å². The number of nitrogens with zero attached hydrogens (tertiary/aromatic N) is 3. The Morgan fingerprint density at radius 3 is 2.62 bits per heavy atom. The third-order valence-electron chi connectivity index (χ3n) is 5.46. The van der Waals surface area contributed by atoms with Gasteiger partial charge < -0.3 is 20.9 Å². The zero-order valence-corrected chi connectivity index (χ0v) is 21.6. The molecule has 32 heavy (non-hydrogen) atoms. The normalized spacial score (nSPS) is 14.5. The van der Waals surface area contributed by atoms with E-state index >= 15 is 0 Å². The number of carbonyl (C=O) groups is 1. The third-order valence-corrected chi connectivity index (χ3v) is 5.46. The fourth-order valence-electron chi connectivity index (χ4n) is 3.78. The average molecular weight is 550 g/mol. The SMILES string of the molecule is CCNC(=NCCc1cccc(C(=O)NC)c1)NC1CCN(c2cccc(C)n2)CC1.I. The van der Waals surface area contributed by atoms with E-state index in [1.165, 1.54) is 0 Å². The molecule has 174 valence electrons. The first kappa shape index (κ1) is 25.9. The zero-order chi connectivity index (χ0) is 22.1. The van der Waals surface area contributed by atoms with Crippen LogP contribution in [0.25, 0.3) is 0 Å². The molecular weight excluding hydrogens is 515 g/mol. The van der Waals surface area contributed by atoms with Crippen LogP contribution in [0.3, 0.4) is 0 Å². The molecule has 1 amide bonds. The van der Waals surface area contributed by atoms with E-state index in [2.05, 4.69) is 44.9 Å². The highest BCUT2D eigenvalue weighted by Crippen LogP contribution is 2.18. The number of aryl methyl sites for hydroxylation is 1. The van der Waals surface area contributed by atoms with E-state index in [1.54, 1.807) is 7.05 Å². The van der Waals surface area contributed by atoms with Gasteiger partial charge in [0, 0.05) is 50.5 Å². The highest BCUT2D eigenvalue weighted by Gasteiger charge is 2.21. The molecule has 0 atom stereocenters. The summed E-state index contributed by atoms with van der Waals surface area (Å²) in [6.45, 7) is 7.57. The van der Waals surface area contributed by atoms with Gasteiger partial charge in [-0.2, -0.15) is 0 Å². The molecule has 8 heteroatoms. The molecule has 0 saturated carbocycles. The number of pyridine rings is 1. The molecule has 2 aromatic rings. The topological polar surface area (TPSA) is 81.6 Å². The Hall–Kier alpha value is -2.36. The van der Waals surface area contributed by atoms with Gasteiger partial charge in [-0.1, -0.05) is 18.2 Å². The van der Waals surface area contributed by atoms with Gasteiger partial charge in [0.2, 0.25) is 0 Å². The van der Waals surface area contributed by atoms with Crippen LogP contribution < -0.4 is 20.9 Å². The molecule has 0 bridgehead atoms. The summed E-state index contributed by atoms with van der Waals surface area (Å²) >= 11 is 0. The van der Waals surface area contributed by atoms with Crippen molar-refractivity contribution in [2.75, 3.05) is 38.1 Å². The lowest BCUT2D eigenvalue weighted by molar-refractivity contribution is 0.0963. The van der Waals surface area contributed by atoms with Crippen molar-refractivity contribution in [2.45, 2.75) is 39.2 Å². The Morgan fingerprint density at radius 1 is 1.19 bits per heavy atom. The second kappa shape index (κ2) is 13.2. The molecule has 2 heterocycles. The molecule has 3 N–H and O–H groups in total. The second-order valence-electron chi connectivity index (χ2n) is 7.83. The van der Waals surface area contributed by atoms with Gasteiger partial charge in [0.15, 0.2) is 5.96 Å². The van der Waals surface area contributed by atoms with Crippen LogP contribution in [0.5, 0.6) is 0 Å². The summed E-state index contributed by atoms with van der Waals surface area (Å²) in [5.74, 6) is 1.86. The number of hydrogen-bond donors (Lipinski definition) is 3. The zero-order valence-electron chi connectivity index (χ0n) is 19.2. The Kier molecular flexibility index (Phi) is 10.7. The molecule has 7 nitrogen and oxygen atoms in total. The van der Waals surface area contributed by atoms with Crippen molar-refractivity contribution >= 4 is 41.7 Å². The minimum absolute atomic E-state index is 0.